The van der Waals surface area contributed by atoms with E-state index in [1.165, 1.54) is 0 Å². The second-order valence-electron chi connectivity index (χ2n) is 2.38. The second-order valence-corrected chi connectivity index (χ2v) is 3.17. The average molecular weight is 251 g/mol. The molecule has 2 aromatic rings. The third-order valence-electron chi connectivity index (χ3n) is 1.48. The summed E-state index contributed by atoms with van der Waals surface area (Å²) in [5, 5.41) is 8.09. The molecule has 66 valence electrons. The predicted octanol–water partition coefficient (Wildman–Crippen LogP) is -0.700. The van der Waals surface area contributed by atoms with Gasteiger partial charge in [0.25, 0.3) is 0 Å². The minimum atomic E-state index is 0. The van der Waals surface area contributed by atoms with Crippen LogP contribution in [0.15, 0.2) is 33.9 Å². The molecule has 3 nitrogen and oxygen atoms in total. The van der Waals surface area contributed by atoms with E-state index in [0.29, 0.717) is 10.9 Å². The normalized spacial score (nSPS) is 9.50. The molecule has 14 heavy (non-hydrogen) atoms. The Balaban J connectivity index is 0.000000980. The fourth-order valence-electron chi connectivity index (χ4n) is 0.948. The Hall–Kier alpha value is 0.506. The van der Waals surface area contributed by atoms with Gasteiger partial charge in [0.05, 0.1) is 5.22 Å². The number of hydrogen-bond acceptors (Lipinski definition) is 4. The van der Waals surface area contributed by atoms with Gasteiger partial charge in [0.1, 0.15) is 0 Å². The fourth-order valence-corrected chi connectivity index (χ4v) is 1.26. The molecule has 0 aliphatic carbocycles. The summed E-state index contributed by atoms with van der Waals surface area (Å²) in [6.07, 6.45) is 0. The van der Waals surface area contributed by atoms with Gasteiger partial charge in [-0.05, 0) is 18.2 Å². The van der Waals surface area contributed by atoms with Crippen molar-refractivity contribution in [3.8, 4) is 11.5 Å². The standard InChI is InChI=1S/C8H5ClN2OS.K/c9-6-3-1-2-5(4-6)7-10-11-8(13)12-7;/h1-4H,(H,11,13);/q;+1/p-1. The van der Waals surface area contributed by atoms with Gasteiger partial charge in [-0.1, -0.05) is 17.7 Å². The van der Waals surface area contributed by atoms with Crippen LogP contribution < -0.4 is 51.4 Å². The van der Waals surface area contributed by atoms with Crippen LogP contribution in [-0.2, 0) is 12.6 Å². The van der Waals surface area contributed by atoms with Crippen molar-refractivity contribution in [1.82, 2.24) is 10.2 Å². The van der Waals surface area contributed by atoms with Crippen LogP contribution in [0.1, 0.15) is 0 Å². The molecule has 0 fully saturated rings. The molecule has 2 rings (SSSR count). The van der Waals surface area contributed by atoms with E-state index in [1.807, 2.05) is 12.1 Å². The average Bonchev–Trinajstić information content (AvgIpc) is 2.52. The molecule has 0 atom stereocenters. The molecule has 0 amide bonds. The van der Waals surface area contributed by atoms with Crippen molar-refractivity contribution in [3.63, 3.8) is 0 Å². The Morgan fingerprint density at radius 2 is 2.07 bits per heavy atom. The summed E-state index contributed by atoms with van der Waals surface area (Å²) in [7, 11) is 0. The van der Waals surface area contributed by atoms with Gasteiger partial charge in [-0.3, -0.25) is 0 Å². The maximum absolute atomic E-state index is 5.79. The summed E-state index contributed by atoms with van der Waals surface area (Å²) >= 11 is 10.5. The number of benzene rings is 1. The molecular formula is C8H4ClKN2OS. The van der Waals surface area contributed by atoms with Crippen molar-refractivity contribution in [3.05, 3.63) is 29.3 Å². The van der Waals surface area contributed by atoms with Gasteiger partial charge in [0, 0.05) is 10.6 Å². The number of aromatic nitrogens is 2. The van der Waals surface area contributed by atoms with Gasteiger partial charge in [-0.2, -0.15) is 0 Å². The molecular weight excluding hydrogens is 247 g/mol. The first kappa shape index (κ1) is 12.6. The Morgan fingerprint density at radius 3 is 2.64 bits per heavy atom. The summed E-state index contributed by atoms with van der Waals surface area (Å²) in [6.45, 7) is 0. The van der Waals surface area contributed by atoms with E-state index in [-0.39, 0.29) is 56.6 Å². The van der Waals surface area contributed by atoms with Gasteiger partial charge in [0.15, 0.2) is 0 Å². The van der Waals surface area contributed by atoms with Crippen LogP contribution >= 0.6 is 11.6 Å². The molecule has 1 aromatic carbocycles. The summed E-state index contributed by atoms with van der Waals surface area (Å²) in [6, 6.07) is 7.15. The molecule has 0 radical (unpaired) electrons. The topological polar surface area (TPSA) is 38.9 Å². The van der Waals surface area contributed by atoms with Gasteiger partial charge >= 0.3 is 51.4 Å². The largest absolute Gasteiger partial charge is 1.00 e. The molecule has 0 aliphatic heterocycles. The second kappa shape index (κ2) is 5.55. The van der Waals surface area contributed by atoms with Crippen LogP contribution in [-0.4, -0.2) is 10.2 Å². The third kappa shape index (κ3) is 3.00. The molecule has 1 aromatic heterocycles. The van der Waals surface area contributed by atoms with Crippen molar-refractivity contribution in [2.24, 2.45) is 0 Å². The molecule has 0 aliphatic rings. The Bertz CT molecular complexity index is 435. The molecule has 0 spiro atoms. The minimum absolute atomic E-state index is 0. The van der Waals surface area contributed by atoms with E-state index in [9.17, 15) is 0 Å². The third-order valence-corrected chi connectivity index (χ3v) is 1.88. The smallest absolute Gasteiger partial charge is 0.719 e. The Labute approximate surface area is 134 Å². The van der Waals surface area contributed by atoms with Gasteiger partial charge in [-0.25, -0.2) is 0 Å². The van der Waals surface area contributed by atoms with E-state index < -0.39 is 0 Å². The van der Waals surface area contributed by atoms with Crippen molar-refractivity contribution < 1.29 is 55.8 Å². The van der Waals surface area contributed by atoms with Crippen LogP contribution in [0.25, 0.3) is 11.5 Å². The van der Waals surface area contributed by atoms with E-state index >= 15 is 0 Å². The summed E-state index contributed by atoms with van der Waals surface area (Å²) in [4.78, 5) is 0. The first-order valence-corrected chi connectivity index (χ1v) is 4.31. The molecule has 0 N–H and O–H groups in total. The first-order chi connectivity index (χ1) is 6.25. The molecule has 0 unspecified atom stereocenters. The van der Waals surface area contributed by atoms with Gasteiger partial charge < -0.3 is 17.0 Å². The summed E-state index contributed by atoms with van der Waals surface area (Å²) < 4.78 is 5.06. The van der Waals surface area contributed by atoms with Crippen LogP contribution in [0, 0.1) is 0 Å². The summed E-state index contributed by atoms with van der Waals surface area (Å²) in [5.74, 6) is 0.396. The van der Waals surface area contributed by atoms with Crippen molar-refractivity contribution in [1.29, 1.82) is 0 Å². The molecule has 0 bridgehead atoms. The maximum Gasteiger partial charge on any atom is 1.00 e. The molecule has 6 heteroatoms. The minimum Gasteiger partial charge on any atom is -0.719 e. The number of hydrogen-bond donors (Lipinski definition) is 0. The summed E-state index contributed by atoms with van der Waals surface area (Å²) in [5.41, 5.74) is 0.774. The van der Waals surface area contributed by atoms with E-state index in [4.69, 9.17) is 28.6 Å². The van der Waals surface area contributed by atoms with E-state index in [1.54, 1.807) is 12.1 Å². The number of halogens is 1. The van der Waals surface area contributed by atoms with Crippen molar-refractivity contribution >= 4 is 24.2 Å². The van der Waals surface area contributed by atoms with E-state index in [2.05, 4.69) is 10.2 Å². The van der Waals surface area contributed by atoms with Crippen LogP contribution in [0.3, 0.4) is 0 Å². The van der Waals surface area contributed by atoms with Crippen LogP contribution in [0.5, 0.6) is 0 Å². The quantitative estimate of drug-likeness (QED) is 0.496. The SMILES string of the molecule is [K+].[S-]c1nnc(-c2cccc(Cl)c2)o1. The van der Waals surface area contributed by atoms with E-state index in [0.717, 1.165) is 5.56 Å². The predicted molar refractivity (Wildman–Crippen MR) is 50.4 cm³/mol. The molecule has 1 heterocycles. The zero-order chi connectivity index (χ0) is 9.26. The first-order valence-electron chi connectivity index (χ1n) is 3.52. The van der Waals surface area contributed by atoms with Gasteiger partial charge in [0.2, 0.25) is 5.89 Å². The molecule has 0 saturated heterocycles. The van der Waals surface area contributed by atoms with Gasteiger partial charge in [-0.15, -0.1) is 10.2 Å². The zero-order valence-corrected chi connectivity index (χ0v) is 12.1. The maximum atomic E-state index is 5.79. The Morgan fingerprint density at radius 1 is 1.29 bits per heavy atom. The Kier molecular flexibility index (Phi) is 4.99. The number of nitrogens with zero attached hydrogens (tertiary/aromatic N) is 2. The van der Waals surface area contributed by atoms with Crippen molar-refractivity contribution in [2.45, 2.75) is 5.22 Å². The van der Waals surface area contributed by atoms with Crippen LogP contribution in [0.2, 0.25) is 5.02 Å². The molecule has 0 saturated carbocycles. The number of rotatable bonds is 1. The van der Waals surface area contributed by atoms with Crippen molar-refractivity contribution in [2.75, 3.05) is 0 Å². The fraction of sp³-hybridized carbons (Fsp3) is 0. The van der Waals surface area contributed by atoms with Crippen LogP contribution in [0.4, 0.5) is 0 Å². The monoisotopic (exact) mass is 250 g/mol. The zero-order valence-electron chi connectivity index (χ0n) is 7.40.